The number of aryl methyl sites for hydroxylation is 1. The summed E-state index contributed by atoms with van der Waals surface area (Å²) in [5, 5.41) is 0. The van der Waals surface area contributed by atoms with Crippen LogP contribution in [0.4, 0.5) is 8.78 Å². The molecule has 0 heterocycles. The van der Waals surface area contributed by atoms with E-state index in [0.717, 1.165) is 6.07 Å². The third kappa shape index (κ3) is 3.49. The minimum absolute atomic E-state index is 0.201. The lowest BCUT2D eigenvalue weighted by Crippen LogP contribution is -2.34. The minimum Gasteiger partial charge on any atom is -0.268 e. The Morgan fingerprint density at radius 1 is 1.29 bits per heavy atom. The number of hydrogen-bond donors (Lipinski definition) is 1. The van der Waals surface area contributed by atoms with Crippen molar-refractivity contribution in [2.24, 2.45) is 0 Å². The molecule has 1 aromatic carbocycles. The van der Waals surface area contributed by atoms with Gasteiger partial charge in [-0.05, 0) is 39.3 Å². The molecule has 94 valence electrons. The van der Waals surface area contributed by atoms with Gasteiger partial charge in [0.1, 0.15) is 17.2 Å². The van der Waals surface area contributed by atoms with Crippen LogP contribution >= 0.6 is 0 Å². The van der Waals surface area contributed by atoms with Crippen LogP contribution in [0.2, 0.25) is 0 Å². The van der Waals surface area contributed by atoms with Crippen molar-refractivity contribution >= 4 is 5.91 Å². The Bertz CT molecular complexity index is 439. The lowest BCUT2D eigenvalue weighted by Gasteiger charge is -2.19. The van der Waals surface area contributed by atoms with Crippen LogP contribution in [0.5, 0.6) is 0 Å². The van der Waals surface area contributed by atoms with Gasteiger partial charge in [0.2, 0.25) is 0 Å². The number of carbonyl (C=O) groups is 1. The maximum absolute atomic E-state index is 13.6. The normalized spacial score (nSPS) is 11.4. The minimum atomic E-state index is -0.932. The number of rotatable bonds is 2. The molecule has 0 aliphatic carbocycles. The Labute approximate surface area is 98.7 Å². The molecule has 0 aliphatic rings. The molecular weight excluding hydrogens is 228 g/mol. The number of hydrogen-bond acceptors (Lipinski definition) is 2. The number of halogens is 2. The molecule has 1 N–H and O–H groups in total. The SMILES string of the molecule is Cc1ccc(F)c(C(=O)NOC(C)(C)C)c1F. The van der Waals surface area contributed by atoms with Crippen molar-refractivity contribution in [3.05, 3.63) is 34.9 Å². The van der Waals surface area contributed by atoms with Gasteiger partial charge < -0.3 is 0 Å². The molecule has 0 saturated carbocycles. The summed E-state index contributed by atoms with van der Waals surface area (Å²) < 4.78 is 26.9. The zero-order valence-corrected chi connectivity index (χ0v) is 10.2. The summed E-state index contributed by atoms with van der Waals surface area (Å²) in [6, 6.07) is 2.32. The van der Waals surface area contributed by atoms with Gasteiger partial charge in [0.05, 0.1) is 5.60 Å². The molecule has 1 amide bonds. The highest BCUT2D eigenvalue weighted by atomic mass is 19.1. The van der Waals surface area contributed by atoms with Gasteiger partial charge in [-0.1, -0.05) is 6.07 Å². The highest BCUT2D eigenvalue weighted by molar-refractivity contribution is 5.94. The van der Waals surface area contributed by atoms with E-state index in [1.807, 2.05) is 5.48 Å². The molecule has 0 saturated heterocycles. The maximum Gasteiger partial charge on any atom is 0.280 e. The molecule has 17 heavy (non-hydrogen) atoms. The number of nitrogens with one attached hydrogen (secondary N) is 1. The molecule has 0 aliphatic heterocycles. The second kappa shape index (κ2) is 4.79. The molecule has 0 unspecified atom stereocenters. The standard InChI is InChI=1S/C12H15F2NO2/c1-7-5-6-8(13)9(10(7)14)11(16)15-17-12(2,3)4/h5-6H,1-4H3,(H,15,16). The van der Waals surface area contributed by atoms with Crippen molar-refractivity contribution in [2.45, 2.75) is 33.3 Å². The first-order valence-electron chi connectivity index (χ1n) is 5.15. The molecular formula is C12H15F2NO2. The monoisotopic (exact) mass is 243 g/mol. The van der Waals surface area contributed by atoms with Crippen molar-refractivity contribution in [3.8, 4) is 0 Å². The van der Waals surface area contributed by atoms with E-state index in [2.05, 4.69) is 0 Å². The largest absolute Gasteiger partial charge is 0.280 e. The summed E-state index contributed by atoms with van der Waals surface area (Å²) in [6.07, 6.45) is 0. The molecule has 3 nitrogen and oxygen atoms in total. The van der Waals surface area contributed by atoms with Crippen LogP contribution in [0.3, 0.4) is 0 Å². The molecule has 0 atom stereocenters. The first-order valence-corrected chi connectivity index (χ1v) is 5.15. The van der Waals surface area contributed by atoms with E-state index in [-0.39, 0.29) is 5.56 Å². The topological polar surface area (TPSA) is 38.3 Å². The van der Waals surface area contributed by atoms with Gasteiger partial charge in [-0.2, -0.15) is 0 Å². The van der Waals surface area contributed by atoms with Gasteiger partial charge >= 0.3 is 0 Å². The summed E-state index contributed by atoms with van der Waals surface area (Å²) in [5.41, 5.74) is 0.967. The average molecular weight is 243 g/mol. The Hall–Kier alpha value is -1.49. The predicted octanol–water partition coefficient (Wildman–Crippen LogP) is 2.73. The Balaban J connectivity index is 2.93. The third-order valence-corrected chi connectivity index (χ3v) is 1.96. The second-order valence-corrected chi connectivity index (χ2v) is 4.70. The lowest BCUT2D eigenvalue weighted by molar-refractivity contribution is -0.0592. The highest BCUT2D eigenvalue weighted by Gasteiger charge is 2.21. The van der Waals surface area contributed by atoms with Crippen LogP contribution in [-0.2, 0) is 4.84 Å². The fourth-order valence-electron chi connectivity index (χ4n) is 1.12. The van der Waals surface area contributed by atoms with Gasteiger partial charge in [-0.15, -0.1) is 0 Å². The van der Waals surface area contributed by atoms with Gasteiger partial charge in [0.25, 0.3) is 5.91 Å². The van der Waals surface area contributed by atoms with E-state index in [1.165, 1.54) is 13.0 Å². The first-order chi connectivity index (χ1) is 7.72. The first kappa shape index (κ1) is 13.6. The maximum atomic E-state index is 13.6. The Morgan fingerprint density at radius 3 is 2.41 bits per heavy atom. The van der Waals surface area contributed by atoms with Crippen LogP contribution in [0, 0.1) is 18.6 Å². The van der Waals surface area contributed by atoms with E-state index in [1.54, 1.807) is 20.8 Å². The molecule has 0 aromatic heterocycles. The van der Waals surface area contributed by atoms with Gasteiger partial charge in [-0.3, -0.25) is 9.63 Å². The van der Waals surface area contributed by atoms with Crippen LogP contribution in [0.1, 0.15) is 36.7 Å². The zero-order valence-electron chi connectivity index (χ0n) is 10.2. The molecule has 5 heteroatoms. The molecule has 1 aromatic rings. The summed E-state index contributed by atoms with van der Waals surface area (Å²) in [4.78, 5) is 16.5. The fraction of sp³-hybridized carbons (Fsp3) is 0.417. The summed E-state index contributed by atoms with van der Waals surface area (Å²) in [5.74, 6) is -2.72. The summed E-state index contributed by atoms with van der Waals surface area (Å²) in [6.45, 7) is 6.57. The van der Waals surface area contributed by atoms with E-state index in [0.29, 0.717) is 0 Å². The van der Waals surface area contributed by atoms with Crippen molar-refractivity contribution in [3.63, 3.8) is 0 Å². The number of carbonyl (C=O) groups excluding carboxylic acids is 1. The van der Waals surface area contributed by atoms with Crippen LogP contribution in [0.15, 0.2) is 12.1 Å². The Kier molecular flexibility index (Phi) is 3.83. The predicted molar refractivity (Wildman–Crippen MR) is 59.4 cm³/mol. The highest BCUT2D eigenvalue weighted by Crippen LogP contribution is 2.16. The molecule has 1 rings (SSSR count). The molecule has 0 spiro atoms. The van der Waals surface area contributed by atoms with E-state index in [9.17, 15) is 13.6 Å². The summed E-state index contributed by atoms with van der Waals surface area (Å²) >= 11 is 0. The number of hydroxylamine groups is 1. The van der Waals surface area contributed by atoms with Crippen molar-refractivity contribution in [1.29, 1.82) is 0 Å². The van der Waals surface area contributed by atoms with E-state index in [4.69, 9.17) is 4.84 Å². The van der Waals surface area contributed by atoms with Crippen molar-refractivity contribution < 1.29 is 18.4 Å². The van der Waals surface area contributed by atoms with Crippen molar-refractivity contribution in [2.75, 3.05) is 0 Å². The van der Waals surface area contributed by atoms with Crippen LogP contribution in [0.25, 0.3) is 0 Å². The van der Waals surface area contributed by atoms with E-state index < -0.39 is 28.7 Å². The lowest BCUT2D eigenvalue weighted by atomic mass is 10.1. The summed E-state index contributed by atoms with van der Waals surface area (Å²) in [7, 11) is 0. The van der Waals surface area contributed by atoms with Gasteiger partial charge in [-0.25, -0.2) is 14.3 Å². The molecule has 0 bridgehead atoms. The second-order valence-electron chi connectivity index (χ2n) is 4.70. The van der Waals surface area contributed by atoms with Gasteiger partial charge in [0, 0.05) is 0 Å². The Morgan fingerprint density at radius 2 is 1.88 bits per heavy atom. The average Bonchev–Trinajstić information content (AvgIpc) is 2.20. The zero-order chi connectivity index (χ0) is 13.2. The quantitative estimate of drug-likeness (QED) is 0.811. The van der Waals surface area contributed by atoms with E-state index >= 15 is 0 Å². The molecule has 0 radical (unpaired) electrons. The smallest absolute Gasteiger partial charge is 0.268 e. The van der Waals surface area contributed by atoms with Gasteiger partial charge in [0.15, 0.2) is 0 Å². The third-order valence-electron chi connectivity index (χ3n) is 1.96. The number of amides is 1. The number of benzene rings is 1. The van der Waals surface area contributed by atoms with Crippen LogP contribution in [-0.4, -0.2) is 11.5 Å². The van der Waals surface area contributed by atoms with Crippen molar-refractivity contribution in [1.82, 2.24) is 5.48 Å². The molecule has 0 fully saturated rings. The van der Waals surface area contributed by atoms with Crippen LogP contribution < -0.4 is 5.48 Å². The fourth-order valence-corrected chi connectivity index (χ4v) is 1.12.